The minimum atomic E-state index is -0.516. The zero-order valence-electron chi connectivity index (χ0n) is 16.9. The van der Waals surface area contributed by atoms with Gasteiger partial charge in [0.25, 0.3) is 11.1 Å². The first-order valence-corrected chi connectivity index (χ1v) is 11.5. The number of amides is 3. The SMILES string of the molecule is CC(C)COc1ccccc1/C=C1/SC(=O)N(CC(=O)Nc2ccc(Br)c(Cl)c2)C1=O. The highest BCUT2D eigenvalue weighted by Crippen LogP contribution is 2.34. The Labute approximate surface area is 198 Å². The van der Waals surface area contributed by atoms with Gasteiger partial charge in [-0.3, -0.25) is 19.3 Å². The van der Waals surface area contributed by atoms with Crippen LogP contribution in [0.4, 0.5) is 10.5 Å². The molecule has 2 aromatic carbocycles. The zero-order chi connectivity index (χ0) is 22.5. The number of benzene rings is 2. The second-order valence-corrected chi connectivity index (χ2v) is 9.44. The van der Waals surface area contributed by atoms with Gasteiger partial charge in [-0.2, -0.15) is 0 Å². The number of anilines is 1. The van der Waals surface area contributed by atoms with Crippen LogP contribution in [-0.2, 0) is 9.59 Å². The Bertz CT molecular complexity index is 1060. The van der Waals surface area contributed by atoms with Crippen LogP contribution in [0.1, 0.15) is 19.4 Å². The fourth-order valence-corrected chi connectivity index (χ4v) is 3.94. The molecule has 0 atom stereocenters. The molecule has 1 aliphatic heterocycles. The predicted molar refractivity (Wildman–Crippen MR) is 127 cm³/mol. The van der Waals surface area contributed by atoms with Gasteiger partial charge in [-0.1, -0.05) is 43.6 Å². The topological polar surface area (TPSA) is 75.7 Å². The lowest BCUT2D eigenvalue weighted by Gasteiger charge is -2.13. The molecule has 2 aromatic rings. The van der Waals surface area contributed by atoms with E-state index in [9.17, 15) is 14.4 Å². The molecule has 1 saturated heterocycles. The Morgan fingerprint density at radius 2 is 2.00 bits per heavy atom. The summed E-state index contributed by atoms with van der Waals surface area (Å²) in [4.78, 5) is 38.6. The number of para-hydroxylation sites is 1. The van der Waals surface area contributed by atoms with E-state index < -0.39 is 17.1 Å². The summed E-state index contributed by atoms with van der Waals surface area (Å²) in [6.07, 6.45) is 1.62. The standard InChI is InChI=1S/C22H20BrClN2O4S/c1-13(2)12-30-18-6-4-3-5-14(18)9-19-21(28)26(22(29)31-19)11-20(27)25-15-7-8-16(23)17(24)10-15/h3-10,13H,11-12H2,1-2H3,(H,25,27)/b19-9+. The second kappa shape index (κ2) is 10.3. The number of nitrogens with one attached hydrogen (secondary N) is 1. The van der Waals surface area contributed by atoms with Gasteiger partial charge < -0.3 is 10.1 Å². The predicted octanol–water partition coefficient (Wildman–Crippen LogP) is 5.81. The monoisotopic (exact) mass is 522 g/mol. The van der Waals surface area contributed by atoms with Crippen molar-refractivity contribution in [1.29, 1.82) is 0 Å². The number of carbonyl (C=O) groups excluding carboxylic acids is 3. The number of ether oxygens (including phenoxy) is 1. The summed E-state index contributed by atoms with van der Waals surface area (Å²) in [7, 11) is 0. The third-order valence-corrected chi connectivity index (χ3v) is 6.30. The van der Waals surface area contributed by atoms with Crippen LogP contribution < -0.4 is 10.1 Å². The number of hydrogen-bond donors (Lipinski definition) is 1. The summed E-state index contributed by atoms with van der Waals surface area (Å²) in [6.45, 7) is 4.23. The summed E-state index contributed by atoms with van der Waals surface area (Å²) < 4.78 is 6.50. The zero-order valence-corrected chi connectivity index (χ0v) is 20.0. The molecule has 0 aliphatic carbocycles. The first-order chi connectivity index (χ1) is 14.7. The number of halogens is 2. The highest BCUT2D eigenvalue weighted by Gasteiger charge is 2.36. The molecular formula is C22H20BrClN2O4S. The van der Waals surface area contributed by atoms with Crippen molar-refractivity contribution < 1.29 is 19.1 Å². The van der Waals surface area contributed by atoms with Gasteiger partial charge >= 0.3 is 0 Å². The second-order valence-electron chi connectivity index (χ2n) is 7.19. The number of thioether (sulfide) groups is 1. The van der Waals surface area contributed by atoms with E-state index in [1.54, 1.807) is 24.3 Å². The normalized spacial score (nSPS) is 15.1. The van der Waals surface area contributed by atoms with E-state index in [1.807, 2.05) is 38.1 Å². The average molecular weight is 524 g/mol. The molecular weight excluding hydrogens is 504 g/mol. The molecule has 6 nitrogen and oxygen atoms in total. The van der Waals surface area contributed by atoms with Gasteiger partial charge in [0.2, 0.25) is 5.91 Å². The average Bonchev–Trinajstić information content (AvgIpc) is 2.97. The molecule has 0 aromatic heterocycles. The van der Waals surface area contributed by atoms with Crippen LogP contribution in [0.2, 0.25) is 5.02 Å². The molecule has 1 N–H and O–H groups in total. The molecule has 1 fully saturated rings. The lowest BCUT2D eigenvalue weighted by atomic mass is 10.1. The van der Waals surface area contributed by atoms with Gasteiger partial charge in [0.1, 0.15) is 12.3 Å². The lowest BCUT2D eigenvalue weighted by Crippen LogP contribution is -2.36. The van der Waals surface area contributed by atoms with Gasteiger partial charge in [-0.25, -0.2) is 0 Å². The van der Waals surface area contributed by atoms with Crippen molar-refractivity contribution in [3.05, 3.63) is 62.4 Å². The third-order valence-electron chi connectivity index (χ3n) is 4.16. The minimum absolute atomic E-state index is 0.241. The molecule has 0 spiro atoms. The summed E-state index contributed by atoms with van der Waals surface area (Å²) in [5.41, 5.74) is 1.17. The maximum atomic E-state index is 12.8. The van der Waals surface area contributed by atoms with E-state index in [-0.39, 0.29) is 11.4 Å². The molecule has 1 heterocycles. The molecule has 1 aliphatic rings. The molecule has 0 unspecified atom stereocenters. The summed E-state index contributed by atoms with van der Waals surface area (Å²) in [5, 5.41) is 2.58. The van der Waals surface area contributed by atoms with Crippen molar-refractivity contribution in [2.24, 2.45) is 5.92 Å². The third kappa shape index (κ3) is 6.12. The van der Waals surface area contributed by atoms with Crippen molar-refractivity contribution >= 4 is 68.1 Å². The largest absolute Gasteiger partial charge is 0.493 e. The van der Waals surface area contributed by atoms with E-state index in [0.29, 0.717) is 39.0 Å². The van der Waals surface area contributed by atoms with Gasteiger partial charge in [-0.15, -0.1) is 0 Å². The van der Waals surface area contributed by atoms with Gasteiger partial charge in [0.15, 0.2) is 0 Å². The number of hydrogen-bond acceptors (Lipinski definition) is 5. The Balaban J connectivity index is 1.71. The molecule has 31 heavy (non-hydrogen) atoms. The van der Waals surface area contributed by atoms with Crippen molar-refractivity contribution in [3.8, 4) is 5.75 Å². The molecule has 3 rings (SSSR count). The van der Waals surface area contributed by atoms with Crippen molar-refractivity contribution in [2.45, 2.75) is 13.8 Å². The van der Waals surface area contributed by atoms with E-state index >= 15 is 0 Å². The van der Waals surface area contributed by atoms with Crippen LogP contribution in [-0.4, -0.2) is 35.1 Å². The summed E-state index contributed by atoms with van der Waals surface area (Å²) >= 11 is 10.1. The summed E-state index contributed by atoms with van der Waals surface area (Å²) in [5.74, 6) is -0.0347. The molecule has 0 radical (unpaired) electrons. The summed E-state index contributed by atoms with van der Waals surface area (Å²) in [6, 6.07) is 12.2. The van der Waals surface area contributed by atoms with Crippen LogP contribution in [0.5, 0.6) is 5.75 Å². The fourth-order valence-electron chi connectivity index (χ4n) is 2.68. The molecule has 0 saturated carbocycles. The fraction of sp³-hybridized carbons (Fsp3) is 0.227. The van der Waals surface area contributed by atoms with Crippen LogP contribution in [0.25, 0.3) is 6.08 Å². The Morgan fingerprint density at radius 1 is 1.26 bits per heavy atom. The Kier molecular flexibility index (Phi) is 7.80. The maximum Gasteiger partial charge on any atom is 0.294 e. The first kappa shape index (κ1) is 23.4. The highest BCUT2D eigenvalue weighted by atomic mass is 79.9. The minimum Gasteiger partial charge on any atom is -0.493 e. The van der Waals surface area contributed by atoms with Gasteiger partial charge in [0, 0.05) is 15.7 Å². The van der Waals surface area contributed by atoms with Crippen LogP contribution in [0.15, 0.2) is 51.8 Å². The van der Waals surface area contributed by atoms with E-state index in [4.69, 9.17) is 16.3 Å². The highest BCUT2D eigenvalue weighted by molar-refractivity contribution is 9.10. The smallest absolute Gasteiger partial charge is 0.294 e. The number of nitrogens with zero attached hydrogens (tertiary/aromatic N) is 1. The van der Waals surface area contributed by atoms with Crippen molar-refractivity contribution in [1.82, 2.24) is 4.90 Å². The number of carbonyl (C=O) groups is 3. The van der Waals surface area contributed by atoms with Crippen molar-refractivity contribution in [3.63, 3.8) is 0 Å². The quantitative estimate of drug-likeness (QED) is 0.463. The first-order valence-electron chi connectivity index (χ1n) is 9.46. The number of rotatable bonds is 7. The van der Waals surface area contributed by atoms with E-state index in [0.717, 1.165) is 16.7 Å². The van der Waals surface area contributed by atoms with Gasteiger partial charge in [0.05, 0.1) is 16.5 Å². The number of imide groups is 1. The maximum absolute atomic E-state index is 12.8. The molecule has 0 bridgehead atoms. The molecule has 9 heteroatoms. The Morgan fingerprint density at radius 3 is 2.71 bits per heavy atom. The Hall–Kier alpha value is -2.29. The van der Waals surface area contributed by atoms with Crippen LogP contribution >= 0.6 is 39.3 Å². The van der Waals surface area contributed by atoms with Gasteiger partial charge in [-0.05, 0) is 64.0 Å². The van der Waals surface area contributed by atoms with Crippen molar-refractivity contribution in [2.75, 3.05) is 18.5 Å². The van der Waals surface area contributed by atoms with E-state index in [1.165, 1.54) is 0 Å². The van der Waals surface area contributed by atoms with Crippen LogP contribution in [0.3, 0.4) is 0 Å². The molecule has 3 amide bonds. The van der Waals surface area contributed by atoms with Crippen LogP contribution in [0, 0.1) is 5.92 Å². The lowest BCUT2D eigenvalue weighted by molar-refractivity contribution is -0.127. The van der Waals surface area contributed by atoms with E-state index in [2.05, 4.69) is 21.2 Å². The molecule has 162 valence electrons.